The summed E-state index contributed by atoms with van der Waals surface area (Å²) in [5, 5.41) is 11.8. The summed E-state index contributed by atoms with van der Waals surface area (Å²) < 4.78 is 0. The third-order valence-corrected chi connectivity index (χ3v) is 3.62. The first-order chi connectivity index (χ1) is 9.35. The van der Waals surface area contributed by atoms with E-state index in [1.807, 2.05) is 13.8 Å². The van der Waals surface area contributed by atoms with E-state index in [1.165, 1.54) is 6.20 Å². The number of amides is 1. The number of hydrogen-bond acceptors (Lipinski definition) is 4. The molecule has 0 radical (unpaired) electrons. The molecule has 6 heteroatoms. The molecule has 0 spiro atoms. The highest BCUT2D eigenvalue weighted by Crippen LogP contribution is 2.45. The third kappa shape index (κ3) is 2.79. The van der Waals surface area contributed by atoms with Crippen LogP contribution in [0.4, 0.5) is 0 Å². The SMILES string of the molecule is Cc1ncc(C(=O)NCC2(C(=O)O)CC2)c(C(C)C)n1. The number of aromatic nitrogens is 2. The normalized spacial score (nSPS) is 16.0. The Balaban J connectivity index is 2.12. The molecule has 0 saturated heterocycles. The van der Waals surface area contributed by atoms with Crippen molar-refractivity contribution in [3.63, 3.8) is 0 Å². The number of hydrogen-bond donors (Lipinski definition) is 2. The highest BCUT2D eigenvalue weighted by atomic mass is 16.4. The molecule has 1 fully saturated rings. The summed E-state index contributed by atoms with van der Waals surface area (Å²) in [4.78, 5) is 31.6. The zero-order valence-electron chi connectivity index (χ0n) is 11.9. The van der Waals surface area contributed by atoms with Crippen LogP contribution < -0.4 is 5.32 Å². The summed E-state index contributed by atoms with van der Waals surface area (Å²) in [5.41, 5.74) is 0.348. The van der Waals surface area contributed by atoms with Crippen molar-refractivity contribution in [3.8, 4) is 0 Å². The average molecular weight is 277 g/mol. The van der Waals surface area contributed by atoms with Crippen LogP contribution in [0, 0.1) is 12.3 Å². The van der Waals surface area contributed by atoms with Crippen molar-refractivity contribution in [2.45, 2.75) is 39.5 Å². The van der Waals surface area contributed by atoms with E-state index in [0.717, 1.165) is 0 Å². The molecule has 1 aromatic rings. The Bertz CT molecular complexity index is 551. The zero-order valence-corrected chi connectivity index (χ0v) is 11.9. The molecule has 0 aromatic carbocycles. The Morgan fingerprint density at radius 2 is 2.10 bits per heavy atom. The van der Waals surface area contributed by atoms with Crippen molar-refractivity contribution in [1.29, 1.82) is 0 Å². The molecule has 1 saturated carbocycles. The Morgan fingerprint density at radius 3 is 2.60 bits per heavy atom. The summed E-state index contributed by atoms with van der Waals surface area (Å²) in [6.07, 6.45) is 2.74. The summed E-state index contributed by atoms with van der Waals surface area (Å²) in [7, 11) is 0. The van der Waals surface area contributed by atoms with Gasteiger partial charge < -0.3 is 10.4 Å². The molecule has 0 unspecified atom stereocenters. The molecule has 0 aliphatic heterocycles. The highest BCUT2D eigenvalue weighted by Gasteiger charge is 2.50. The fourth-order valence-electron chi connectivity index (χ4n) is 2.06. The molecule has 2 rings (SSSR count). The largest absolute Gasteiger partial charge is 0.481 e. The first-order valence-electron chi connectivity index (χ1n) is 6.71. The van der Waals surface area contributed by atoms with Gasteiger partial charge in [-0.25, -0.2) is 9.97 Å². The molecular formula is C14H19N3O3. The van der Waals surface area contributed by atoms with Gasteiger partial charge in [0.15, 0.2) is 0 Å². The number of carbonyl (C=O) groups excluding carboxylic acids is 1. The third-order valence-electron chi connectivity index (χ3n) is 3.62. The second-order valence-corrected chi connectivity index (χ2v) is 5.64. The van der Waals surface area contributed by atoms with Gasteiger partial charge in [0.05, 0.1) is 16.7 Å². The predicted octanol–water partition coefficient (Wildman–Crippen LogP) is 1.50. The van der Waals surface area contributed by atoms with E-state index < -0.39 is 11.4 Å². The second kappa shape index (κ2) is 5.19. The van der Waals surface area contributed by atoms with Crippen LogP contribution in [0.2, 0.25) is 0 Å². The van der Waals surface area contributed by atoms with Crippen LogP contribution in [0.25, 0.3) is 0 Å². The van der Waals surface area contributed by atoms with Crippen LogP contribution in [0.3, 0.4) is 0 Å². The number of aliphatic carboxylic acids is 1. The predicted molar refractivity (Wildman–Crippen MR) is 72.5 cm³/mol. The topological polar surface area (TPSA) is 92.2 Å². The van der Waals surface area contributed by atoms with Gasteiger partial charge in [0.2, 0.25) is 0 Å². The quantitative estimate of drug-likeness (QED) is 0.851. The van der Waals surface area contributed by atoms with E-state index in [4.69, 9.17) is 5.11 Å². The molecule has 20 heavy (non-hydrogen) atoms. The standard InChI is InChI=1S/C14H19N3O3/c1-8(2)11-10(6-15-9(3)17-11)12(18)16-7-14(4-5-14)13(19)20/h6,8H,4-5,7H2,1-3H3,(H,16,18)(H,19,20). The molecule has 0 atom stereocenters. The van der Waals surface area contributed by atoms with E-state index in [-0.39, 0.29) is 18.4 Å². The van der Waals surface area contributed by atoms with Gasteiger partial charge in [-0.15, -0.1) is 0 Å². The second-order valence-electron chi connectivity index (χ2n) is 5.64. The molecule has 1 heterocycles. The van der Waals surface area contributed by atoms with E-state index in [2.05, 4.69) is 15.3 Å². The van der Waals surface area contributed by atoms with Crippen molar-refractivity contribution >= 4 is 11.9 Å². The minimum Gasteiger partial charge on any atom is -0.481 e. The first-order valence-corrected chi connectivity index (χ1v) is 6.71. The average Bonchev–Trinajstić information content (AvgIpc) is 3.17. The smallest absolute Gasteiger partial charge is 0.311 e. The minimum atomic E-state index is -0.845. The zero-order chi connectivity index (χ0) is 14.9. The van der Waals surface area contributed by atoms with E-state index in [0.29, 0.717) is 29.9 Å². The van der Waals surface area contributed by atoms with Gasteiger partial charge in [0.25, 0.3) is 5.91 Å². The van der Waals surface area contributed by atoms with Crippen LogP contribution in [0.5, 0.6) is 0 Å². The number of carboxylic acids is 1. The fourth-order valence-corrected chi connectivity index (χ4v) is 2.06. The molecule has 1 aliphatic rings. The maximum absolute atomic E-state index is 12.2. The van der Waals surface area contributed by atoms with E-state index >= 15 is 0 Å². The fraction of sp³-hybridized carbons (Fsp3) is 0.571. The summed E-state index contributed by atoms with van der Waals surface area (Å²) >= 11 is 0. The van der Waals surface area contributed by atoms with Gasteiger partial charge >= 0.3 is 5.97 Å². The molecule has 1 amide bonds. The van der Waals surface area contributed by atoms with Crippen molar-refractivity contribution in [3.05, 3.63) is 23.3 Å². The summed E-state index contributed by atoms with van der Waals surface area (Å²) in [6, 6.07) is 0. The van der Waals surface area contributed by atoms with Gasteiger partial charge in [-0.1, -0.05) is 13.8 Å². The van der Waals surface area contributed by atoms with E-state index in [9.17, 15) is 9.59 Å². The maximum Gasteiger partial charge on any atom is 0.311 e. The number of nitrogens with zero attached hydrogens (tertiary/aromatic N) is 2. The van der Waals surface area contributed by atoms with Gasteiger partial charge in [0.1, 0.15) is 5.82 Å². The van der Waals surface area contributed by atoms with Gasteiger partial charge in [-0.3, -0.25) is 9.59 Å². The number of carboxylic acid groups (broad SMARTS) is 1. The molecule has 1 aliphatic carbocycles. The maximum atomic E-state index is 12.2. The van der Waals surface area contributed by atoms with Crippen molar-refractivity contribution in [1.82, 2.24) is 15.3 Å². The van der Waals surface area contributed by atoms with Gasteiger partial charge in [-0.2, -0.15) is 0 Å². The molecule has 0 bridgehead atoms. The number of nitrogens with one attached hydrogen (secondary N) is 1. The number of aryl methyl sites for hydroxylation is 1. The molecule has 108 valence electrons. The van der Waals surface area contributed by atoms with Crippen molar-refractivity contribution in [2.75, 3.05) is 6.54 Å². The summed E-state index contributed by atoms with van der Waals surface area (Å²) in [5.74, 6) is -0.426. The highest BCUT2D eigenvalue weighted by molar-refractivity contribution is 5.95. The van der Waals surface area contributed by atoms with Crippen LogP contribution in [0.1, 0.15) is 54.5 Å². The Hall–Kier alpha value is -1.98. The van der Waals surface area contributed by atoms with Crippen molar-refractivity contribution < 1.29 is 14.7 Å². The lowest BCUT2D eigenvalue weighted by Crippen LogP contribution is -2.35. The number of rotatable bonds is 5. The Morgan fingerprint density at radius 1 is 1.45 bits per heavy atom. The lowest BCUT2D eigenvalue weighted by Gasteiger charge is -2.14. The van der Waals surface area contributed by atoms with Crippen LogP contribution in [0.15, 0.2) is 6.20 Å². The molecular weight excluding hydrogens is 258 g/mol. The minimum absolute atomic E-state index is 0.104. The Kier molecular flexibility index (Phi) is 3.74. The van der Waals surface area contributed by atoms with Gasteiger partial charge in [0, 0.05) is 12.7 Å². The lowest BCUT2D eigenvalue weighted by molar-refractivity contribution is -0.143. The monoisotopic (exact) mass is 277 g/mol. The molecule has 6 nitrogen and oxygen atoms in total. The number of carbonyl (C=O) groups is 2. The van der Waals surface area contributed by atoms with E-state index in [1.54, 1.807) is 6.92 Å². The molecule has 2 N–H and O–H groups in total. The van der Waals surface area contributed by atoms with Crippen LogP contribution in [-0.2, 0) is 4.79 Å². The Labute approximate surface area is 117 Å². The van der Waals surface area contributed by atoms with Crippen molar-refractivity contribution in [2.24, 2.45) is 5.41 Å². The van der Waals surface area contributed by atoms with Crippen LogP contribution in [-0.4, -0.2) is 33.5 Å². The van der Waals surface area contributed by atoms with Gasteiger partial charge in [-0.05, 0) is 25.7 Å². The van der Waals surface area contributed by atoms with Crippen LogP contribution >= 0.6 is 0 Å². The summed E-state index contributed by atoms with van der Waals surface area (Å²) in [6.45, 7) is 5.85. The lowest BCUT2D eigenvalue weighted by atomic mass is 10.0. The molecule has 1 aromatic heterocycles. The first kappa shape index (κ1) is 14.4.